The number of ether oxygens (including phenoxy) is 2. The SMILES string of the molecule is CCCCOc1ccc(CNCC)c(OCCCC)c1. The van der Waals surface area contributed by atoms with Gasteiger partial charge in [0, 0.05) is 18.2 Å². The van der Waals surface area contributed by atoms with E-state index in [1.807, 2.05) is 12.1 Å². The molecule has 20 heavy (non-hydrogen) atoms. The minimum absolute atomic E-state index is 0.772. The van der Waals surface area contributed by atoms with Crippen LogP contribution in [0.1, 0.15) is 52.0 Å². The summed E-state index contributed by atoms with van der Waals surface area (Å²) in [6.07, 6.45) is 4.47. The van der Waals surface area contributed by atoms with E-state index < -0.39 is 0 Å². The van der Waals surface area contributed by atoms with Gasteiger partial charge in [-0.1, -0.05) is 39.7 Å². The first kappa shape index (κ1) is 16.8. The highest BCUT2D eigenvalue weighted by atomic mass is 16.5. The van der Waals surface area contributed by atoms with E-state index in [-0.39, 0.29) is 0 Å². The molecule has 0 saturated carbocycles. The molecule has 114 valence electrons. The zero-order chi connectivity index (χ0) is 14.6. The molecule has 0 radical (unpaired) electrons. The molecule has 0 aliphatic heterocycles. The number of hydrogen-bond acceptors (Lipinski definition) is 3. The molecule has 1 aromatic carbocycles. The van der Waals surface area contributed by atoms with Gasteiger partial charge in [0.15, 0.2) is 0 Å². The van der Waals surface area contributed by atoms with Crippen molar-refractivity contribution in [2.75, 3.05) is 19.8 Å². The number of nitrogens with one attached hydrogen (secondary N) is 1. The molecule has 0 saturated heterocycles. The van der Waals surface area contributed by atoms with E-state index in [9.17, 15) is 0 Å². The van der Waals surface area contributed by atoms with Gasteiger partial charge in [-0.05, 0) is 25.5 Å². The number of benzene rings is 1. The summed E-state index contributed by atoms with van der Waals surface area (Å²) >= 11 is 0. The monoisotopic (exact) mass is 279 g/mol. The second-order valence-corrected chi connectivity index (χ2v) is 4.95. The number of hydrogen-bond donors (Lipinski definition) is 1. The maximum Gasteiger partial charge on any atom is 0.127 e. The second kappa shape index (κ2) is 10.6. The Hall–Kier alpha value is -1.22. The van der Waals surface area contributed by atoms with Gasteiger partial charge in [-0.2, -0.15) is 0 Å². The first-order chi connectivity index (χ1) is 9.81. The van der Waals surface area contributed by atoms with Crippen LogP contribution in [0.4, 0.5) is 0 Å². The number of rotatable bonds is 11. The van der Waals surface area contributed by atoms with Gasteiger partial charge in [-0.3, -0.25) is 0 Å². The second-order valence-electron chi connectivity index (χ2n) is 4.95. The largest absolute Gasteiger partial charge is 0.493 e. The van der Waals surface area contributed by atoms with Crippen molar-refractivity contribution >= 4 is 0 Å². The van der Waals surface area contributed by atoms with Crippen LogP contribution in [0.2, 0.25) is 0 Å². The van der Waals surface area contributed by atoms with Crippen molar-refractivity contribution in [2.24, 2.45) is 0 Å². The Morgan fingerprint density at radius 3 is 2.30 bits per heavy atom. The zero-order valence-corrected chi connectivity index (χ0v) is 13.2. The van der Waals surface area contributed by atoms with Crippen LogP contribution in [0.15, 0.2) is 18.2 Å². The molecule has 0 amide bonds. The lowest BCUT2D eigenvalue weighted by Crippen LogP contribution is -2.13. The fourth-order valence-corrected chi connectivity index (χ4v) is 1.83. The van der Waals surface area contributed by atoms with Crippen LogP contribution in [-0.2, 0) is 6.54 Å². The lowest BCUT2D eigenvalue weighted by Gasteiger charge is -2.14. The minimum Gasteiger partial charge on any atom is -0.493 e. The molecule has 0 heterocycles. The molecule has 0 atom stereocenters. The van der Waals surface area contributed by atoms with E-state index in [1.54, 1.807) is 0 Å². The molecule has 0 spiro atoms. The highest BCUT2D eigenvalue weighted by Crippen LogP contribution is 2.25. The van der Waals surface area contributed by atoms with Crippen LogP contribution >= 0.6 is 0 Å². The Kier molecular flexibility index (Phi) is 8.88. The van der Waals surface area contributed by atoms with Crippen molar-refractivity contribution in [3.8, 4) is 11.5 Å². The van der Waals surface area contributed by atoms with Crippen molar-refractivity contribution < 1.29 is 9.47 Å². The normalized spacial score (nSPS) is 10.6. The summed E-state index contributed by atoms with van der Waals surface area (Å²) in [7, 11) is 0. The van der Waals surface area contributed by atoms with Gasteiger partial charge in [-0.15, -0.1) is 0 Å². The van der Waals surface area contributed by atoms with Gasteiger partial charge in [0.25, 0.3) is 0 Å². The quantitative estimate of drug-likeness (QED) is 0.617. The van der Waals surface area contributed by atoms with E-state index in [0.29, 0.717) is 0 Å². The Bertz CT molecular complexity index is 366. The van der Waals surface area contributed by atoms with E-state index in [1.165, 1.54) is 5.56 Å². The summed E-state index contributed by atoms with van der Waals surface area (Å²) in [5.74, 6) is 1.86. The van der Waals surface area contributed by atoms with Crippen molar-refractivity contribution in [1.29, 1.82) is 0 Å². The standard InChI is InChI=1S/C17H29NO2/c1-4-7-11-19-16-10-9-15(14-18-6-3)17(13-16)20-12-8-5-2/h9-10,13,18H,4-8,11-12,14H2,1-3H3. The van der Waals surface area contributed by atoms with Crippen molar-refractivity contribution in [2.45, 2.75) is 53.0 Å². The van der Waals surface area contributed by atoms with Gasteiger partial charge in [-0.25, -0.2) is 0 Å². The topological polar surface area (TPSA) is 30.5 Å². The van der Waals surface area contributed by atoms with Crippen LogP contribution in [-0.4, -0.2) is 19.8 Å². The zero-order valence-electron chi connectivity index (χ0n) is 13.2. The lowest BCUT2D eigenvalue weighted by atomic mass is 10.2. The Balaban J connectivity index is 2.67. The first-order valence-electron chi connectivity index (χ1n) is 7.91. The fraction of sp³-hybridized carbons (Fsp3) is 0.647. The average Bonchev–Trinajstić information content (AvgIpc) is 2.47. The van der Waals surface area contributed by atoms with Gasteiger partial charge in [0.05, 0.1) is 13.2 Å². The first-order valence-corrected chi connectivity index (χ1v) is 7.91. The maximum atomic E-state index is 5.90. The summed E-state index contributed by atoms with van der Waals surface area (Å²) in [5, 5.41) is 3.35. The summed E-state index contributed by atoms with van der Waals surface area (Å²) in [4.78, 5) is 0. The Morgan fingerprint density at radius 2 is 1.65 bits per heavy atom. The van der Waals surface area contributed by atoms with Crippen LogP contribution in [0.25, 0.3) is 0 Å². The van der Waals surface area contributed by atoms with Crippen LogP contribution in [0.3, 0.4) is 0 Å². The van der Waals surface area contributed by atoms with Crippen molar-refractivity contribution in [3.63, 3.8) is 0 Å². The smallest absolute Gasteiger partial charge is 0.127 e. The van der Waals surface area contributed by atoms with Gasteiger partial charge in [0.1, 0.15) is 11.5 Å². The fourth-order valence-electron chi connectivity index (χ4n) is 1.83. The third-order valence-corrected chi connectivity index (χ3v) is 3.13. The van der Waals surface area contributed by atoms with E-state index >= 15 is 0 Å². The van der Waals surface area contributed by atoms with E-state index in [4.69, 9.17) is 9.47 Å². The molecule has 3 heteroatoms. The Labute approximate surface area is 123 Å². The summed E-state index contributed by atoms with van der Waals surface area (Å²) in [6.45, 7) is 9.80. The molecule has 0 bridgehead atoms. The molecule has 0 unspecified atom stereocenters. The average molecular weight is 279 g/mol. The van der Waals surface area contributed by atoms with Crippen LogP contribution in [0.5, 0.6) is 11.5 Å². The molecule has 0 aliphatic carbocycles. The molecule has 0 fully saturated rings. The van der Waals surface area contributed by atoms with E-state index in [0.717, 1.165) is 63.5 Å². The summed E-state index contributed by atoms with van der Waals surface area (Å²) in [5.41, 5.74) is 1.20. The molecular formula is C17H29NO2. The van der Waals surface area contributed by atoms with Crippen LogP contribution < -0.4 is 14.8 Å². The predicted octanol–water partition coefficient (Wildman–Crippen LogP) is 4.15. The summed E-state index contributed by atoms with van der Waals surface area (Å²) in [6, 6.07) is 6.16. The Morgan fingerprint density at radius 1 is 0.950 bits per heavy atom. The van der Waals surface area contributed by atoms with Crippen LogP contribution in [0, 0.1) is 0 Å². The molecular weight excluding hydrogens is 250 g/mol. The lowest BCUT2D eigenvalue weighted by molar-refractivity contribution is 0.292. The minimum atomic E-state index is 0.772. The van der Waals surface area contributed by atoms with Gasteiger partial charge in [0.2, 0.25) is 0 Å². The van der Waals surface area contributed by atoms with E-state index in [2.05, 4.69) is 32.2 Å². The molecule has 1 rings (SSSR count). The highest BCUT2D eigenvalue weighted by Gasteiger charge is 2.06. The third-order valence-electron chi connectivity index (χ3n) is 3.13. The molecule has 0 aliphatic rings. The van der Waals surface area contributed by atoms with Crippen molar-refractivity contribution in [3.05, 3.63) is 23.8 Å². The highest BCUT2D eigenvalue weighted by molar-refractivity contribution is 5.40. The molecule has 1 aromatic rings. The molecule has 3 nitrogen and oxygen atoms in total. The van der Waals surface area contributed by atoms with Gasteiger partial charge >= 0.3 is 0 Å². The van der Waals surface area contributed by atoms with Crippen molar-refractivity contribution in [1.82, 2.24) is 5.32 Å². The number of unbranched alkanes of at least 4 members (excludes halogenated alkanes) is 2. The molecule has 1 N–H and O–H groups in total. The maximum absolute atomic E-state index is 5.90. The molecule has 0 aromatic heterocycles. The summed E-state index contributed by atoms with van der Waals surface area (Å²) < 4.78 is 11.7. The third kappa shape index (κ3) is 6.29. The van der Waals surface area contributed by atoms with Gasteiger partial charge < -0.3 is 14.8 Å². The predicted molar refractivity (Wildman–Crippen MR) is 84.6 cm³/mol.